The van der Waals surface area contributed by atoms with E-state index in [4.69, 9.17) is 0 Å². The van der Waals surface area contributed by atoms with Gasteiger partial charge >= 0.3 is 0 Å². The standard InChI is InChI=1S/C24H51N/c1-6-8-9-10-11-12-13-14-15-16-17-18-19-20-21-22-23-24(3,4)25(5)7-2/h6-23H2,1-5H3. The molecule has 152 valence electrons. The van der Waals surface area contributed by atoms with Gasteiger partial charge in [0.15, 0.2) is 0 Å². The molecule has 0 aromatic heterocycles. The van der Waals surface area contributed by atoms with E-state index in [1.54, 1.807) is 0 Å². The average Bonchev–Trinajstić information content (AvgIpc) is 2.60. The molecule has 25 heavy (non-hydrogen) atoms. The van der Waals surface area contributed by atoms with Crippen molar-refractivity contribution in [1.82, 2.24) is 4.90 Å². The van der Waals surface area contributed by atoms with Gasteiger partial charge < -0.3 is 4.90 Å². The van der Waals surface area contributed by atoms with Crippen molar-refractivity contribution in [3.05, 3.63) is 0 Å². The lowest BCUT2D eigenvalue weighted by Gasteiger charge is -2.35. The SMILES string of the molecule is CCCCCCCCCCCCCCCCCCC(C)(C)N(C)CC. The Morgan fingerprint density at radius 3 is 1.16 bits per heavy atom. The van der Waals surface area contributed by atoms with E-state index in [-0.39, 0.29) is 0 Å². The molecule has 0 atom stereocenters. The Balaban J connectivity index is 3.19. The van der Waals surface area contributed by atoms with E-state index < -0.39 is 0 Å². The van der Waals surface area contributed by atoms with Crippen molar-refractivity contribution < 1.29 is 0 Å². The highest BCUT2D eigenvalue weighted by Crippen LogP contribution is 2.21. The highest BCUT2D eigenvalue weighted by Gasteiger charge is 2.20. The molecule has 1 nitrogen and oxygen atoms in total. The van der Waals surface area contributed by atoms with Gasteiger partial charge in [-0.1, -0.05) is 117 Å². The molecule has 0 heterocycles. The maximum atomic E-state index is 2.48. The van der Waals surface area contributed by atoms with Crippen LogP contribution in [0.15, 0.2) is 0 Å². The Labute approximate surface area is 161 Å². The van der Waals surface area contributed by atoms with Gasteiger partial charge in [-0.2, -0.15) is 0 Å². The number of rotatable bonds is 19. The summed E-state index contributed by atoms with van der Waals surface area (Å²) in [6.45, 7) is 10.5. The molecule has 0 bridgehead atoms. The van der Waals surface area contributed by atoms with Gasteiger partial charge in [-0.05, 0) is 33.9 Å². The minimum absolute atomic E-state index is 0.380. The van der Waals surface area contributed by atoms with Crippen molar-refractivity contribution in [2.45, 2.75) is 142 Å². The fourth-order valence-electron chi connectivity index (χ4n) is 3.72. The first kappa shape index (κ1) is 25.0. The third-order valence-electron chi connectivity index (χ3n) is 6.15. The first-order valence-electron chi connectivity index (χ1n) is 11.8. The van der Waals surface area contributed by atoms with Crippen LogP contribution in [0, 0.1) is 0 Å². The van der Waals surface area contributed by atoms with Crippen molar-refractivity contribution in [2.24, 2.45) is 0 Å². The zero-order valence-electron chi connectivity index (χ0n) is 18.7. The summed E-state index contributed by atoms with van der Waals surface area (Å²) in [5.41, 5.74) is 0.380. The summed E-state index contributed by atoms with van der Waals surface area (Å²) in [7, 11) is 2.26. The molecule has 0 aliphatic heterocycles. The maximum absolute atomic E-state index is 2.48. The van der Waals surface area contributed by atoms with Gasteiger partial charge in [0.05, 0.1) is 0 Å². The van der Waals surface area contributed by atoms with Crippen LogP contribution in [0.5, 0.6) is 0 Å². The van der Waals surface area contributed by atoms with Crippen molar-refractivity contribution in [3.63, 3.8) is 0 Å². The van der Waals surface area contributed by atoms with Gasteiger partial charge in [-0.25, -0.2) is 0 Å². The molecule has 0 saturated carbocycles. The number of hydrogen-bond donors (Lipinski definition) is 0. The summed E-state index contributed by atoms with van der Waals surface area (Å²) in [6, 6.07) is 0. The second kappa shape index (κ2) is 17.4. The lowest BCUT2D eigenvalue weighted by molar-refractivity contribution is 0.149. The maximum Gasteiger partial charge on any atom is 0.0150 e. The monoisotopic (exact) mass is 353 g/mol. The third kappa shape index (κ3) is 15.9. The van der Waals surface area contributed by atoms with E-state index in [9.17, 15) is 0 Å². The first-order valence-corrected chi connectivity index (χ1v) is 11.8. The van der Waals surface area contributed by atoms with Gasteiger partial charge in [0.25, 0.3) is 0 Å². The van der Waals surface area contributed by atoms with Gasteiger partial charge in [-0.3, -0.25) is 0 Å². The second-order valence-corrected chi connectivity index (χ2v) is 8.88. The predicted octanol–water partition coefficient (Wildman–Crippen LogP) is 8.37. The summed E-state index contributed by atoms with van der Waals surface area (Å²) in [5, 5.41) is 0. The van der Waals surface area contributed by atoms with Crippen LogP contribution in [0.1, 0.15) is 137 Å². The molecular formula is C24H51N. The van der Waals surface area contributed by atoms with Crippen LogP contribution in [0.4, 0.5) is 0 Å². The van der Waals surface area contributed by atoms with Crippen LogP contribution >= 0.6 is 0 Å². The molecule has 0 aliphatic carbocycles. The Hall–Kier alpha value is -0.0400. The Morgan fingerprint density at radius 1 is 0.520 bits per heavy atom. The molecule has 1 heteroatoms. The summed E-state index contributed by atoms with van der Waals surface area (Å²) >= 11 is 0. The molecule has 0 radical (unpaired) electrons. The molecule has 0 aliphatic rings. The highest BCUT2D eigenvalue weighted by atomic mass is 15.2. The van der Waals surface area contributed by atoms with E-state index in [2.05, 4.69) is 39.6 Å². The van der Waals surface area contributed by atoms with Crippen molar-refractivity contribution in [2.75, 3.05) is 13.6 Å². The van der Waals surface area contributed by atoms with Crippen LogP contribution in [0.2, 0.25) is 0 Å². The lowest BCUT2D eigenvalue weighted by Crippen LogP contribution is -2.40. The highest BCUT2D eigenvalue weighted by molar-refractivity contribution is 4.78. The van der Waals surface area contributed by atoms with Gasteiger partial charge in [0.2, 0.25) is 0 Å². The first-order chi connectivity index (χ1) is 12.0. The smallest absolute Gasteiger partial charge is 0.0150 e. The van der Waals surface area contributed by atoms with Crippen LogP contribution in [-0.4, -0.2) is 24.0 Å². The molecule has 0 spiro atoms. The summed E-state index contributed by atoms with van der Waals surface area (Å²) < 4.78 is 0. The zero-order chi connectivity index (χ0) is 18.8. The number of hydrogen-bond acceptors (Lipinski definition) is 1. The topological polar surface area (TPSA) is 3.24 Å². The largest absolute Gasteiger partial charge is 0.302 e. The minimum Gasteiger partial charge on any atom is -0.302 e. The summed E-state index contributed by atoms with van der Waals surface area (Å²) in [4.78, 5) is 2.48. The van der Waals surface area contributed by atoms with Crippen LogP contribution in [-0.2, 0) is 0 Å². The molecule has 0 amide bonds. The Kier molecular flexibility index (Phi) is 17.3. The Morgan fingerprint density at radius 2 is 0.840 bits per heavy atom. The van der Waals surface area contributed by atoms with Gasteiger partial charge in [0.1, 0.15) is 0 Å². The molecular weight excluding hydrogens is 302 g/mol. The van der Waals surface area contributed by atoms with Crippen LogP contribution < -0.4 is 0 Å². The Bertz CT molecular complexity index is 259. The van der Waals surface area contributed by atoms with Crippen LogP contribution in [0.3, 0.4) is 0 Å². The number of nitrogens with zero attached hydrogens (tertiary/aromatic N) is 1. The van der Waals surface area contributed by atoms with E-state index in [0.717, 1.165) is 6.54 Å². The normalized spacial score (nSPS) is 12.2. The van der Waals surface area contributed by atoms with Crippen LogP contribution in [0.25, 0.3) is 0 Å². The third-order valence-corrected chi connectivity index (χ3v) is 6.15. The fourth-order valence-corrected chi connectivity index (χ4v) is 3.72. The molecule has 0 aromatic rings. The predicted molar refractivity (Wildman–Crippen MR) is 117 cm³/mol. The quantitative estimate of drug-likeness (QED) is 0.211. The van der Waals surface area contributed by atoms with Gasteiger partial charge in [-0.15, -0.1) is 0 Å². The van der Waals surface area contributed by atoms with Gasteiger partial charge in [0, 0.05) is 5.54 Å². The summed E-state index contributed by atoms with van der Waals surface area (Å²) in [6.07, 6.45) is 24.6. The van der Waals surface area contributed by atoms with E-state index >= 15 is 0 Å². The van der Waals surface area contributed by atoms with E-state index in [0.29, 0.717) is 5.54 Å². The minimum atomic E-state index is 0.380. The zero-order valence-corrected chi connectivity index (χ0v) is 18.7. The molecule has 0 aromatic carbocycles. The fraction of sp³-hybridized carbons (Fsp3) is 1.00. The molecule has 0 saturated heterocycles. The summed E-state index contributed by atoms with van der Waals surface area (Å²) in [5.74, 6) is 0. The van der Waals surface area contributed by atoms with Crippen molar-refractivity contribution in [3.8, 4) is 0 Å². The van der Waals surface area contributed by atoms with E-state index in [1.807, 2.05) is 0 Å². The van der Waals surface area contributed by atoms with Crippen molar-refractivity contribution in [1.29, 1.82) is 0 Å². The molecule has 0 unspecified atom stereocenters. The molecule has 0 fully saturated rings. The number of unbranched alkanes of at least 4 members (excludes halogenated alkanes) is 15. The average molecular weight is 354 g/mol. The van der Waals surface area contributed by atoms with E-state index in [1.165, 1.54) is 109 Å². The lowest BCUT2D eigenvalue weighted by atomic mass is 9.94. The van der Waals surface area contributed by atoms with Crippen molar-refractivity contribution >= 4 is 0 Å². The second-order valence-electron chi connectivity index (χ2n) is 8.88. The molecule has 0 N–H and O–H groups in total. The molecule has 0 rings (SSSR count).